The fourth-order valence-corrected chi connectivity index (χ4v) is 1.62. The molecular weight excluding hydrogens is 228 g/mol. The Morgan fingerprint density at radius 2 is 1.71 bits per heavy atom. The zero-order valence-corrected chi connectivity index (χ0v) is 9.45. The lowest BCUT2D eigenvalue weighted by atomic mass is 10.1. The van der Waals surface area contributed by atoms with E-state index in [-0.39, 0.29) is 34.4 Å². The SMILES string of the molecule is [3H]c1c(OC)c(OC)c(OC)c2c1C(=O)OC2=O. The maximum Gasteiger partial charge on any atom is 0.350 e. The number of rotatable bonds is 3. The summed E-state index contributed by atoms with van der Waals surface area (Å²) in [7, 11) is 3.98. The average Bonchev–Trinajstić information content (AvgIpc) is 2.64. The molecule has 1 aromatic carbocycles. The quantitative estimate of drug-likeness (QED) is 0.580. The lowest BCUT2D eigenvalue weighted by Crippen LogP contribution is -2.02. The van der Waals surface area contributed by atoms with Crippen molar-refractivity contribution >= 4 is 11.9 Å². The van der Waals surface area contributed by atoms with Crippen molar-refractivity contribution in [3.63, 3.8) is 0 Å². The van der Waals surface area contributed by atoms with E-state index in [1.807, 2.05) is 0 Å². The molecule has 6 heteroatoms. The lowest BCUT2D eigenvalue weighted by molar-refractivity contribution is 0.0442. The maximum absolute atomic E-state index is 11.6. The number of benzene rings is 1. The number of hydrogen-bond donors (Lipinski definition) is 0. The molecule has 0 radical (unpaired) electrons. The van der Waals surface area contributed by atoms with Crippen LogP contribution in [0.1, 0.15) is 22.1 Å². The van der Waals surface area contributed by atoms with Crippen LogP contribution in [0.3, 0.4) is 0 Å². The molecule has 17 heavy (non-hydrogen) atoms. The molecule has 0 saturated carbocycles. The van der Waals surface area contributed by atoms with Gasteiger partial charge in [-0.3, -0.25) is 0 Å². The largest absolute Gasteiger partial charge is 0.493 e. The van der Waals surface area contributed by atoms with Crippen molar-refractivity contribution in [3.05, 3.63) is 17.2 Å². The third-order valence-electron chi connectivity index (χ3n) is 2.33. The predicted molar refractivity (Wildman–Crippen MR) is 55.8 cm³/mol. The van der Waals surface area contributed by atoms with E-state index in [2.05, 4.69) is 4.74 Å². The van der Waals surface area contributed by atoms with Crippen molar-refractivity contribution in [1.82, 2.24) is 0 Å². The van der Waals surface area contributed by atoms with Gasteiger partial charge in [0, 0.05) is 0 Å². The van der Waals surface area contributed by atoms with Crippen LogP contribution >= 0.6 is 0 Å². The number of cyclic esters (lactones) is 2. The van der Waals surface area contributed by atoms with Crippen molar-refractivity contribution in [2.75, 3.05) is 21.3 Å². The smallest absolute Gasteiger partial charge is 0.350 e. The summed E-state index contributed by atoms with van der Waals surface area (Å²) in [5.74, 6) is -1.63. The summed E-state index contributed by atoms with van der Waals surface area (Å²) in [5.41, 5.74) is -0.278. The first-order valence-electron chi connectivity index (χ1n) is 5.15. The van der Waals surface area contributed by atoms with E-state index in [4.69, 9.17) is 15.6 Å². The Morgan fingerprint density at radius 1 is 1.06 bits per heavy atom. The Labute approximate surface area is 98.4 Å². The van der Waals surface area contributed by atoms with Gasteiger partial charge in [-0.1, -0.05) is 0 Å². The molecule has 1 aromatic rings. The van der Waals surface area contributed by atoms with Crippen LogP contribution < -0.4 is 14.2 Å². The van der Waals surface area contributed by atoms with E-state index in [1.54, 1.807) is 0 Å². The summed E-state index contributed by atoms with van der Waals surface area (Å²) >= 11 is 0. The first kappa shape index (κ1) is 9.95. The highest BCUT2D eigenvalue weighted by atomic mass is 16.6. The Balaban J connectivity index is 2.89. The molecule has 0 unspecified atom stereocenters. The predicted octanol–water partition coefficient (Wildman–Crippen LogP) is 1.02. The van der Waals surface area contributed by atoms with Crippen molar-refractivity contribution in [1.29, 1.82) is 0 Å². The van der Waals surface area contributed by atoms with E-state index < -0.39 is 11.9 Å². The molecule has 0 aliphatic carbocycles. The zero-order chi connectivity index (χ0) is 13.4. The van der Waals surface area contributed by atoms with Gasteiger partial charge in [-0.2, -0.15) is 0 Å². The van der Waals surface area contributed by atoms with Crippen molar-refractivity contribution in [3.8, 4) is 17.2 Å². The van der Waals surface area contributed by atoms with Gasteiger partial charge >= 0.3 is 11.9 Å². The molecule has 0 spiro atoms. The number of ether oxygens (including phenoxy) is 4. The van der Waals surface area contributed by atoms with Crippen LogP contribution in [-0.4, -0.2) is 33.3 Å². The van der Waals surface area contributed by atoms with Crippen molar-refractivity contribution < 1.29 is 29.9 Å². The molecule has 90 valence electrons. The van der Waals surface area contributed by atoms with Crippen LogP contribution in [0.5, 0.6) is 17.2 Å². The molecule has 0 amide bonds. The van der Waals surface area contributed by atoms with Crippen LogP contribution in [0.4, 0.5) is 0 Å². The molecule has 1 aliphatic rings. The molecule has 0 aromatic heterocycles. The minimum Gasteiger partial charge on any atom is -0.493 e. The molecule has 1 heterocycles. The third-order valence-corrected chi connectivity index (χ3v) is 2.33. The fourth-order valence-electron chi connectivity index (χ4n) is 1.62. The van der Waals surface area contributed by atoms with E-state index in [0.29, 0.717) is 0 Å². The zero-order valence-electron chi connectivity index (χ0n) is 10.4. The highest BCUT2D eigenvalue weighted by Crippen LogP contribution is 2.44. The first-order valence-corrected chi connectivity index (χ1v) is 4.65. The normalized spacial score (nSPS) is 13.9. The van der Waals surface area contributed by atoms with Gasteiger partial charge in [0.15, 0.2) is 11.5 Å². The third kappa shape index (κ3) is 1.49. The Bertz CT molecular complexity index is 551. The maximum atomic E-state index is 11.6. The van der Waals surface area contributed by atoms with Crippen LogP contribution in [0.15, 0.2) is 6.04 Å². The number of fused-ring (bicyclic) bond motifs is 1. The van der Waals surface area contributed by atoms with Crippen molar-refractivity contribution in [2.24, 2.45) is 0 Å². The van der Waals surface area contributed by atoms with Crippen LogP contribution in [0.25, 0.3) is 0 Å². The molecule has 1 aliphatic heterocycles. The standard InChI is InChI=1S/C11H10O6/c1-14-6-4-5-7(11(13)17-10(5)12)9(16-3)8(6)15-2/h4H,1-3H3/i4T. The Morgan fingerprint density at radius 3 is 2.24 bits per heavy atom. The molecular formula is C11H10O6. The number of esters is 2. The number of hydrogen-bond acceptors (Lipinski definition) is 6. The van der Waals surface area contributed by atoms with Crippen molar-refractivity contribution in [2.45, 2.75) is 0 Å². The Kier molecular flexibility index (Phi) is 2.32. The number of carbonyl (C=O) groups is 2. The topological polar surface area (TPSA) is 71.1 Å². The van der Waals surface area contributed by atoms with Gasteiger partial charge in [0.2, 0.25) is 5.75 Å². The second kappa shape index (κ2) is 3.97. The molecule has 2 rings (SSSR count). The van der Waals surface area contributed by atoms with Gasteiger partial charge in [0.05, 0.1) is 28.3 Å². The summed E-state index contributed by atoms with van der Waals surface area (Å²) in [5, 5.41) is 0. The number of carbonyl (C=O) groups excluding carboxylic acids is 2. The van der Waals surface area contributed by atoms with Crippen LogP contribution in [-0.2, 0) is 4.74 Å². The van der Waals surface area contributed by atoms with E-state index in [1.165, 1.54) is 21.3 Å². The number of methoxy groups -OCH3 is 3. The molecule has 0 N–H and O–H groups in total. The van der Waals surface area contributed by atoms with E-state index in [9.17, 15) is 9.59 Å². The molecule has 6 nitrogen and oxygen atoms in total. The van der Waals surface area contributed by atoms with Gasteiger partial charge in [-0.25, -0.2) is 9.59 Å². The van der Waals surface area contributed by atoms with Gasteiger partial charge in [-0.15, -0.1) is 0 Å². The highest BCUT2D eigenvalue weighted by molar-refractivity contribution is 6.17. The van der Waals surface area contributed by atoms with Crippen LogP contribution in [0.2, 0.25) is 0 Å². The summed E-state index contributed by atoms with van der Waals surface area (Å²) in [6, 6.07) is -0.263. The lowest BCUT2D eigenvalue weighted by Gasteiger charge is -2.13. The highest BCUT2D eigenvalue weighted by Gasteiger charge is 2.37. The summed E-state index contributed by atoms with van der Waals surface area (Å²) in [6.45, 7) is 0. The van der Waals surface area contributed by atoms with Gasteiger partial charge in [0.25, 0.3) is 0 Å². The summed E-state index contributed by atoms with van der Waals surface area (Å²) < 4.78 is 27.4. The van der Waals surface area contributed by atoms with E-state index in [0.717, 1.165) is 0 Å². The minimum atomic E-state index is -0.890. The molecule has 0 bridgehead atoms. The second-order valence-corrected chi connectivity index (χ2v) is 3.15. The minimum absolute atomic E-state index is 0.0137. The average molecular weight is 240 g/mol. The second-order valence-electron chi connectivity index (χ2n) is 3.15. The van der Waals surface area contributed by atoms with E-state index >= 15 is 0 Å². The van der Waals surface area contributed by atoms with Gasteiger partial charge in [-0.05, 0) is 6.04 Å². The van der Waals surface area contributed by atoms with Crippen LogP contribution in [0, 0.1) is 0 Å². The van der Waals surface area contributed by atoms with Gasteiger partial charge in [0.1, 0.15) is 5.56 Å². The first-order chi connectivity index (χ1) is 8.56. The monoisotopic (exact) mass is 240 g/mol. The molecule has 0 atom stereocenters. The Hall–Kier alpha value is -2.24. The molecule has 0 saturated heterocycles. The fraction of sp³-hybridized carbons (Fsp3) is 0.273. The summed E-state index contributed by atoms with van der Waals surface area (Å²) in [4.78, 5) is 23.1. The van der Waals surface area contributed by atoms with Gasteiger partial charge < -0.3 is 18.9 Å². The molecule has 0 fully saturated rings. The summed E-state index contributed by atoms with van der Waals surface area (Å²) in [6.07, 6.45) is 0.